The van der Waals surface area contributed by atoms with Crippen LogP contribution in [-0.2, 0) is 74.0 Å². The summed E-state index contributed by atoms with van der Waals surface area (Å²) < 4.78 is 136. The average molecular weight is 1440 g/mol. The molecule has 0 bridgehead atoms. The van der Waals surface area contributed by atoms with Crippen molar-refractivity contribution in [3.8, 4) is 0 Å². The Kier molecular flexibility index (Phi) is 24.2. The molecule has 0 spiro atoms. The number of nitrogens with zero attached hydrogens (tertiary/aromatic N) is 8. The van der Waals surface area contributed by atoms with Gasteiger partial charge in [0, 0.05) is 48.0 Å². The van der Waals surface area contributed by atoms with E-state index in [0.29, 0.717) is 73.8 Å². The van der Waals surface area contributed by atoms with Gasteiger partial charge in [-0.1, -0.05) is 59.6 Å². The van der Waals surface area contributed by atoms with Crippen molar-refractivity contribution >= 4 is 129 Å². The zero-order valence-corrected chi connectivity index (χ0v) is 60.2. The van der Waals surface area contributed by atoms with Crippen LogP contribution in [0.4, 0.5) is 24.8 Å². The molecule has 2 unspecified atom stereocenters. The van der Waals surface area contributed by atoms with Crippen molar-refractivity contribution in [2.45, 2.75) is 160 Å². The van der Waals surface area contributed by atoms with Gasteiger partial charge in [0.25, 0.3) is 0 Å². The molecule has 0 saturated carbocycles. The van der Waals surface area contributed by atoms with Crippen LogP contribution in [0.5, 0.6) is 0 Å². The molecule has 10 rings (SSSR count). The molecule has 10 atom stereocenters. The van der Waals surface area contributed by atoms with Gasteiger partial charge in [-0.15, -0.1) is 11.8 Å². The number of hydrogen-bond acceptors (Lipinski definition) is 23. The fourth-order valence-electron chi connectivity index (χ4n) is 9.85. The largest absolute Gasteiger partial charge is 1.00 e. The van der Waals surface area contributed by atoms with Crippen LogP contribution >= 0.6 is 85.5 Å². The number of rotatable bonds is 18. The Morgan fingerprint density at radius 1 is 0.674 bits per heavy atom. The molecular weight excluding hydrogens is 1360 g/mol. The van der Waals surface area contributed by atoms with Crippen LogP contribution in [0, 0.1) is 0 Å². The minimum absolute atomic E-state index is 0. The first-order valence-corrected chi connectivity index (χ1v) is 36.4. The van der Waals surface area contributed by atoms with Gasteiger partial charge in [0.2, 0.25) is 25.3 Å². The number of anilines is 2. The van der Waals surface area contributed by atoms with E-state index in [-0.39, 0.29) is 72.1 Å². The maximum atomic E-state index is 13.0. The topological polar surface area (TPSA) is 263 Å². The van der Waals surface area contributed by atoms with Crippen LogP contribution in [0.2, 0.25) is 20.6 Å². The Labute approximate surface area is 567 Å². The fourth-order valence-corrected chi connectivity index (χ4v) is 17.2. The molecule has 2 aromatic carbocycles. The van der Waals surface area contributed by atoms with E-state index in [2.05, 4.69) is 57.6 Å². The molecule has 89 heavy (non-hydrogen) atoms. The van der Waals surface area contributed by atoms with Gasteiger partial charge in [-0.05, 0) is 116 Å². The van der Waals surface area contributed by atoms with Crippen molar-refractivity contribution in [1.29, 1.82) is 0 Å². The van der Waals surface area contributed by atoms with Gasteiger partial charge in [-0.2, -0.15) is 64.4 Å². The molecule has 6 aromatic rings. The van der Waals surface area contributed by atoms with Crippen LogP contribution in [0.15, 0.2) is 60.9 Å². The molecule has 0 radical (unpaired) electrons. The number of alkyl halides is 3. The third-order valence-corrected chi connectivity index (χ3v) is 21.1. The number of benzene rings is 2. The average Bonchev–Trinajstić information content (AvgIpc) is 1.62. The smallest absolute Gasteiger partial charge is 1.00 e. The molecule has 8 heterocycles. The van der Waals surface area contributed by atoms with Crippen LogP contribution < -0.4 is 40.2 Å². The van der Waals surface area contributed by atoms with E-state index in [9.17, 15) is 30.7 Å². The maximum Gasteiger partial charge on any atom is 1.00 e. The third-order valence-electron chi connectivity index (χ3n) is 12.8. The quantitative estimate of drug-likeness (QED) is 0.0180. The Morgan fingerprint density at radius 2 is 1.08 bits per heavy atom. The van der Waals surface area contributed by atoms with Crippen molar-refractivity contribution in [3.63, 3.8) is 0 Å². The summed E-state index contributed by atoms with van der Waals surface area (Å²) in [4.78, 5) is 17.6. The van der Waals surface area contributed by atoms with Crippen molar-refractivity contribution in [1.82, 2.24) is 39.5 Å². The second-order valence-electron chi connectivity index (χ2n) is 23.7. The zero-order valence-electron chi connectivity index (χ0n) is 51.8. The van der Waals surface area contributed by atoms with E-state index >= 15 is 0 Å². The van der Waals surface area contributed by atoms with E-state index in [1.165, 1.54) is 32.5 Å². The Balaban J connectivity index is 0.000000230. The molecule has 4 aliphatic rings. The SMILES string of the molecule is CC(C)(C)OP(C)(=O)COS(=O)(=O)C(F)(F)F.CC(C)(C)OP(C)(=O)CSC[C@H]1O[C@@H](n2ncc3c(NCc4ccccc4Cl)nc(Cl)nc32)[C@@H]2OC(C)(C)O[C@@H]21.CC1(C)O[C@@H]2[C@H](O1)[C@@H](CS)O[C@H]2n1ncc2c(NCc3ccccc3Cl)nc(Cl)nc21.[H-].[Na+]. The predicted octanol–water partition coefficient (Wildman–Crippen LogP) is 10.3. The van der Waals surface area contributed by atoms with Crippen LogP contribution in [0.1, 0.15) is 94.2 Å². The maximum absolute atomic E-state index is 13.0. The first-order valence-electron chi connectivity index (χ1n) is 27.2. The number of nitrogens with one attached hydrogen (secondary N) is 2. The Morgan fingerprint density at radius 3 is 1.49 bits per heavy atom. The van der Waals surface area contributed by atoms with E-state index in [0.717, 1.165) is 17.8 Å². The number of hydrogen-bond donors (Lipinski definition) is 3. The molecule has 0 amide bonds. The molecule has 4 aromatic heterocycles. The fraction of sp³-hybridized carbons (Fsp3) is 0.585. The predicted molar refractivity (Wildman–Crippen MR) is 336 cm³/mol. The first-order chi connectivity index (χ1) is 40.7. The summed E-state index contributed by atoms with van der Waals surface area (Å²) in [5.74, 6) is 0.622. The molecule has 4 saturated heterocycles. The van der Waals surface area contributed by atoms with Gasteiger partial charge in [0.15, 0.2) is 35.3 Å². The summed E-state index contributed by atoms with van der Waals surface area (Å²) in [6.45, 7) is 21.4. The van der Waals surface area contributed by atoms with Crippen LogP contribution in [-0.4, -0.2) is 150 Å². The van der Waals surface area contributed by atoms with Gasteiger partial charge in [-0.25, -0.2) is 9.36 Å². The third kappa shape index (κ3) is 19.3. The van der Waals surface area contributed by atoms with Crippen molar-refractivity contribution in [3.05, 3.63) is 92.7 Å². The number of thiol groups is 1. The van der Waals surface area contributed by atoms with E-state index in [4.69, 9.17) is 83.9 Å². The molecule has 23 nitrogen and oxygen atoms in total. The molecule has 36 heteroatoms. The van der Waals surface area contributed by atoms with Crippen LogP contribution in [0.3, 0.4) is 0 Å². The first kappa shape index (κ1) is 74.2. The summed E-state index contributed by atoms with van der Waals surface area (Å²) in [7, 11) is -12.1. The van der Waals surface area contributed by atoms with E-state index in [1.807, 2.05) is 97.0 Å². The van der Waals surface area contributed by atoms with Crippen molar-refractivity contribution in [2.24, 2.45) is 0 Å². The van der Waals surface area contributed by atoms with Crippen LogP contribution in [0.25, 0.3) is 22.1 Å². The molecule has 4 aliphatic heterocycles. The van der Waals surface area contributed by atoms with E-state index in [1.54, 1.807) is 28.4 Å². The zero-order chi connectivity index (χ0) is 64.7. The molecular formula is C53H70Cl4F3N10NaO13P2S3. The molecule has 4 fully saturated rings. The second-order valence-corrected chi connectivity index (χ2v) is 33.7. The number of aromatic nitrogens is 8. The van der Waals surface area contributed by atoms with Crippen molar-refractivity contribution in [2.75, 3.05) is 47.3 Å². The molecule has 488 valence electrons. The van der Waals surface area contributed by atoms with Gasteiger partial charge in [0.1, 0.15) is 42.4 Å². The standard InChI is InChI=1S/C26H34Cl2N5O5PS.C20H21Cl2N5O3S.C7H14F3O5PS.Na.H/c1-25(2,3)38-39(6,34)14-40-13-18-19-20(37-26(4,5)36-19)23(35-18)33-22-16(12-30-33)21(31-24(28)32-22)29-11-15-9-7-8-10-17(15)27;1-20(2)29-14-13(9-31)28-18(15(14)30-20)27-17-11(8-24-27)16(25-19(22)26-17)23-7-10-5-3-4-6-12(10)21;1-6(2,3)15-16(4,11)5-14-17(12,13)7(8,9)10;;/h7-10,12,18-20,23H,11,13-14H2,1-6H3,(H,29,31,32);3-6,8,13-15,18,31H,7,9H2,1-2H3,(H,23,25,26);5H2,1-4H3;;/q;;;+1;-1/t18-,19-,20-,23-,39?;13-,14-,15-,18-;;;/m11.../s1. The van der Waals surface area contributed by atoms with Crippen molar-refractivity contribution < 1.29 is 103 Å². The summed E-state index contributed by atoms with van der Waals surface area (Å²) in [6.07, 6.45) is -0.840. The minimum Gasteiger partial charge on any atom is -1.00 e. The molecule has 2 N–H and O–H groups in total. The number of halogens is 7. The van der Waals surface area contributed by atoms with Gasteiger partial charge < -0.3 is 49.5 Å². The summed E-state index contributed by atoms with van der Waals surface area (Å²) in [5, 5.41) is 18.6. The Hall–Kier alpha value is -2.16. The number of thioether (sulfide) groups is 1. The van der Waals surface area contributed by atoms with Gasteiger partial charge in [0.05, 0.1) is 52.1 Å². The summed E-state index contributed by atoms with van der Waals surface area (Å²) in [5.41, 5.74) is -3.62. The molecule has 0 aliphatic carbocycles. The monoisotopic (exact) mass is 1430 g/mol. The normalized spacial score (nSPS) is 24.4. The van der Waals surface area contributed by atoms with Gasteiger partial charge >= 0.3 is 45.2 Å². The summed E-state index contributed by atoms with van der Waals surface area (Å²) >= 11 is 31.1. The number of ether oxygens (including phenoxy) is 6. The minimum atomic E-state index is -5.74. The van der Waals surface area contributed by atoms with E-state index < -0.39 is 78.0 Å². The number of fused-ring (bicyclic) bond motifs is 4. The summed E-state index contributed by atoms with van der Waals surface area (Å²) in [6, 6.07) is 15.2. The Bertz CT molecular complexity index is 3700. The second kappa shape index (κ2) is 29.0. The van der Waals surface area contributed by atoms with Gasteiger partial charge in [-0.3, -0.25) is 13.3 Å².